The second-order valence-corrected chi connectivity index (χ2v) is 8.77. The fraction of sp³-hybridized carbons (Fsp3) is 0.769. The van der Waals surface area contributed by atoms with Crippen molar-refractivity contribution in [3.8, 4) is 0 Å². The molecule has 1 aromatic rings. The van der Waals surface area contributed by atoms with Crippen LogP contribution in [0.25, 0.3) is 0 Å². The van der Waals surface area contributed by atoms with Crippen LogP contribution in [-0.2, 0) is 29.4 Å². The van der Waals surface area contributed by atoms with Gasteiger partial charge in [-0.05, 0) is 39.2 Å². The summed E-state index contributed by atoms with van der Waals surface area (Å²) in [5.74, 6) is 0. The van der Waals surface area contributed by atoms with E-state index < -0.39 is 14.8 Å². The molecule has 2 rings (SSSR count). The van der Waals surface area contributed by atoms with Crippen molar-refractivity contribution < 1.29 is 8.42 Å². The van der Waals surface area contributed by atoms with E-state index in [9.17, 15) is 8.42 Å². The van der Waals surface area contributed by atoms with Gasteiger partial charge in [-0.3, -0.25) is 5.10 Å². The molecule has 0 unspecified atom stereocenters. The van der Waals surface area contributed by atoms with E-state index >= 15 is 0 Å². The lowest BCUT2D eigenvalue weighted by molar-refractivity contribution is 0.372. The Morgan fingerprint density at radius 1 is 1.37 bits per heavy atom. The van der Waals surface area contributed by atoms with Gasteiger partial charge in [-0.25, -0.2) is 8.42 Å². The van der Waals surface area contributed by atoms with Crippen molar-refractivity contribution >= 4 is 10.0 Å². The number of rotatable bonds is 3. The largest absolute Gasteiger partial charge is 0.281 e. The fourth-order valence-corrected chi connectivity index (χ4v) is 3.80. The number of aromatic nitrogens is 2. The van der Waals surface area contributed by atoms with Gasteiger partial charge in [-0.1, -0.05) is 13.3 Å². The summed E-state index contributed by atoms with van der Waals surface area (Å²) in [6.45, 7) is 8.34. The SMILES string of the molecule is CCCc1n[nH]c2c1CCN(S(=O)(=O)C(C)(C)C)C2. The highest BCUT2D eigenvalue weighted by Crippen LogP contribution is 2.27. The van der Waals surface area contributed by atoms with Crippen LogP contribution in [0.2, 0.25) is 0 Å². The number of aromatic amines is 1. The summed E-state index contributed by atoms with van der Waals surface area (Å²) in [4.78, 5) is 0. The molecular formula is C13H23N3O2S. The maximum absolute atomic E-state index is 12.4. The Kier molecular flexibility index (Phi) is 3.75. The second kappa shape index (κ2) is 4.90. The Morgan fingerprint density at radius 2 is 2.05 bits per heavy atom. The summed E-state index contributed by atoms with van der Waals surface area (Å²) in [7, 11) is -3.26. The zero-order chi connectivity index (χ0) is 14.3. The highest BCUT2D eigenvalue weighted by Gasteiger charge is 2.37. The molecular weight excluding hydrogens is 262 g/mol. The van der Waals surface area contributed by atoms with Gasteiger partial charge >= 0.3 is 0 Å². The number of fused-ring (bicyclic) bond motifs is 1. The number of nitrogens with one attached hydrogen (secondary N) is 1. The zero-order valence-corrected chi connectivity index (χ0v) is 13.0. The van der Waals surface area contributed by atoms with Gasteiger partial charge < -0.3 is 0 Å². The Hall–Kier alpha value is -0.880. The number of nitrogens with zero attached hydrogens (tertiary/aromatic N) is 2. The van der Waals surface area contributed by atoms with Crippen molar-refractivity contribution in [2.24, 2.45) is 0 Å². The van der Waals surface area contributed by atoms with E-state index in [0.717, 1.165) is 30.7 Å². The molecule has 108 valence electrons. The number of hydrogen-bond acceptors (Lipinski definition) is 3. The highest BCUT2D eigenvalue weighted by molar-refractivity contribution is 7.90. The molecule has 0 bridgehead atoms. The topological polar surface area (TPSA) is 66.1 Å². The van der Waals surface area contributed by atoms with Crippen molar-refractivity contribution in [1.29, 1.82) is 0 Å². The third kappa shape index (κ3) is 2.56. The van der Waals surface area contributed by atoms with Crippen LogP contribution in [0.5, 0.6) is 0 Å². The van der Waals surface area contributed by atoms with Crippen LogP contribution < -0.4 is 0 Å². The molecule has 0 radical (unpaired) electrons. The van der Waals surface area contributed by atoms with Gasteiger partial charge in [-0.2, -0.15) is 9.40 Å². The normalized spacial score (nSPS) is 17.5. The Bertz CT molecular complexity index is 555. The number of aryl methyl sites for hydroxylation is 1. The minimum absolute atomic E-state index is 0.422. The van der Waals surface area contributed by atoms with E-state index in [1.807, 2.05) is 0 Å². The molecule has 1 aromatic heterocycles. The minimum atomic E-state index is -3.26. The standard InChI is InChI=1S/C13H23N3O2S/c1-5-6-11-10-7-8-16(9-12(10)15-14-11)19(17,18)13(2,3)4/h5-9H2,1-4H3,(H,14,15). The number of H-pyrrole nitrogens is 1. The molecule has 0 fully saturated rings. The molecule has 0 saturated carbocycles. The van der Waals surface area contributed by atoms with Gasteiger partial charge in [0.2, 0.25) is 10.0 Å². The first kappa shape index (κ1) is 14.5. The summed E-state index contributed by atoms with van der Waals surface area (Å²) >= 11 is 0. The maximum atomic E-state index is 12.4. The summed E-state index contributed by atoms with van der Waals surface area (Å²) in [6.07, 6.45) is 2.77. The molecule has 0 spiro atoms. The van der Waals surface area contributed by atoms with Gasteiger partial charge in [0.25, 0.3) is 0 Å². The molecule has 0 saturated heterocycles. The maximum Gasteiger partial charge on any atom is 0.219 e. The number of sulfonamides is 1. The lowest BCUT2D eigenvalue weighted by atomic mass is 10.0. The second-order valence-electron chi connectivity index (χ2n) is 6.08. The number of hydrogen-bond donors (Lipinski definition) is 1. The minimum Gasteiger partial charge on any atom is -0.281 e. The molecule has 6 heteroatoms. The average molecular weight is 285 g/mol. The predicted octanol–water partition coefficient (Wildman–Crippen LogP) is 1.85. The van der Waals surface area contributed by atoms with Gasteiger partial charge in [-0.15, -0.1) is 0 Å². The van der Waals surface area contributed by atoms with E-state index in [4.69, 9.17) is 0 Å². The summed E-state index contributed by atoms with van der Waals surface area (Å²) < 4.78 is 25.7. The van der Waals surface area contributed by atoms with Gasteiger partial charge in [0.05, 0.1) is 22.7 Å². The summed E-state index contributed by atoms with van der Waals surface area (Å²) in [5.41, 5.74) is 3.29. The van der Waals surface area contributed by atoms with Crippen molar-refractivity contribution in [2.75, 3.05) is 6.54 Å². The summed E-state index contributed by atoms with van der Waals surface area (Å²) in [5, 5.41) is 7.33. The fourth-order valence-electron chi connectivity index (χ4n) is 2.40. The van der Waals surface area contributed by atoms with Crippen LogP contribution in [0.15, 0.2) is 0 Å². The molecule has 0 aliphatic carbocycles. The van der Waals surface area contributed by atoms with E-state index in [1.54, 1.807) is 25.1 Å². The van der Waals surface area contributed by atoms with Crippen molar-refractivity contribution in [2.45, 2.75) is 58.2 Å². The van der Waals surface area contributed by atoms with E-state index in [-0.39, 0.29) is 0 Å². The van der Waals surface area contributed by atoms with Crippen molar-refractivity contribution in [3.63, 3.8) is 0 Å². The first-order valence-electron chi connectivity index (χ1n) is 6.82. The molecule has 0 amide bonds. The smallest absolute Gasteiger partial charge is 0.219 e. The molecule has 19 heavy (non-hydrogen) atoms. The van der Waals surface area contributed by atoms with E-state index in [0.29, 0.717) is 13.1 Å². The molecule has 0 aromatic carbocycles. The molecule has 1 aliphatic heterocycles. The first-order chi connectivity index (χ1) is 8.77. The lowest BCUT2D eigenvalue weighted by Crippen LogP contribution is -2.45. The van der Waals surface area contributed by atoms with Crippen molar-refractivity contribution in [1.82, 2.24) is 14.5 Å². The van der Waals surface area contributed by atoms with Crippen LogP contribution in [0, 0.1) is 0 Å². The summed E-state index contributed by atoms with van der Waals surface area (Å²) in [6, 6.07) is 0. The van der Waals surface area contributed by atoms with Gasteiger partial charge in [0, 0.05) is 6.54 Å². The van der Waals surface area contributed by atoms with Gasteiger partial charge in [0.1, 0.15) is 0 Å². The molecule has 0 atom stereocenters. The Morgan fingerprint density at radius 3 is 2.63 bits per heavy atom. The average Bonchev–Trinajstić information content (AvgIpc) is 2.71. The monoisotopic (exact) mass is 285 g/mol. The third-order valence-electron chi connectivity index (χ3n) is 3.58. The van der Waals surface area contributed by atoms with Crippen LogP contribution >= 0.6 is 0 Å². The molecule has 1 aliphatic rings. The van der Waals surface area contributed by atoms with Crippen LogP contribution in [0.4, 0.5) is 0 Å². The quantitative estimate of drug-likeness (QED) is 0.921. The Labute approximate surface area is 115 Å². The Balaban J connectivity index is 2.24. The molecule has 5 nitrogen and oxygen atoms in total. The van der Waals surface area contributed by atoms with E-state index in [1.165, 1.54) is 5.56 Å². The molecule has 2 heterocycles. The van der Waals surface area contributed by atoms with Crippen LogP contribution in [0.1, 0.15) is 51.1 Å². The highest BCUT2D eigenvalue weighted by atomic mass is 32.2. The van der Waals surface area contributed by atoms with Crippen LogP contribution in [0.3, 0.4) is 0 Å². The van der Waals surface area contributed by atoms with Gasteiger partial charge in [0.15, 0.2) is 0 Å². The first-order valence-corrected chi connectivity index (χ1v) is 8.26. The molecule has 1 N–H and O–H groups in total. The van der Waals surface area contributed by atoms with Crippen molar-refractivity contribution in [3.05, 3.63) is 17.0 Å². The lowest BCUT2D eigenvalue weighted by Gasteiger charge is -2.32. The third-order valence-corrected chi connectivity index (χ3v) is 6.12. The predicted molar refractivity (Wildman–Crippen MR) is 75.4 cm³/mol. The van der Waals surface area contributed by atoms with E-state index in [2.05, 4.69) is 17.1 Å². The van der Waals surface area contributed by atoms with Crippen LogP contribution in [-0.4, -0.2) is 34.2 Å². The zero-order valence-electron chi connectivity index (χ0n) is 12.2.